The molecule has 0 saturated heterocycles. The minimum absolute atomic E-state index is 0.246. The van der Waals surface area contributed by atoms with Gasteiger partial charge in [-0.15, -0.1) is 0 Å². The number of benzene rings is 2. The molecule has 3 rings (SSSR count). The summed E-state index contributed by atoms with van der Waals surface area (Å²) in [4.78, 5) is 0. The molecule has 0 fully saturated rings. The third kappa shape index (κ3) is 4.16. The Morgan fingerprint density at radius 3 is 2.07 bits per heavy atom. The van der Waals surface area contributed by atoms with E-state index >= 15 is 0 Å². The zero-order valence-corrected chi connectivity index (χ0v) is 17.3. The molecule has 0 aliphatic heterocycles. The van der Waals surface area contributed by atoms with Gasteiger partial charge >= 0.3 is 0 Å². The maximum absolute atomic E-state index is 12.8. The molecule has 0 atom stereocenters. The summed E-state index contributed by atoms with van der Waals surface area (Å²) >= 11 is 0. The first-order valence-corrected chi connectivity index (χ1v) is 10.8. The van der Waals surface area contributed by atoms with E-state index in [2.05, 4.69) is 0 Å². The van der Waals surface area contributed by atoms with E-state index in [0.717, 1.165) is 22.5 Å². The predicted octanol–water partition coefficient (Wildman–Crippen LogP) is 3.56. The zero-order chi connectivity index (χ0) is 20.1. The molecular formula is C21H26N4O2S. The van der Waals surface area contributed by atoms with E-state index in [4.69, 9.17) is 5.10 Å². The van der Waals surface area contributed by atoms with Crippen LogP contribution in [0.3, 0.4) is 0 Å². The fourth-order valence-corrected chi connectivity index (χ4v) is 4.49. The Balaban J connectivity index is 2.01. The summed E-state index contributed by atoms with van der Waals surface area (Å²) in [5, 5.41) is 4.75. The topological polar surface area (TPSA) is 58.4 Å². The summed E-state index contributed by atoms with van der Waals surface area (Å²) in [5.74, 6) is 0. The van der Waals surface area contributed by atoms with Gasteiger partial charge in [0.15, 0.2) is 0 Å². The first kappa shape index (κ1) is 20.3. The molecule has 0 N–H and O–H groups in total. The Kier molecular flexibility index (Phi) is 6.28. The van der Waals surface area contributed by atoms with Crippen LogP contribution in [0.1, 0.15) is 19.4 Å². The average molecular weight is 399 g/mol. The molecule has 3 aromatic rings. The Morgan fingerprint density at radius 1 is 0.929 bits per heavy atom. The summed E-state index contributed by atoms with van der Waals surface area (Å²) in [6, 6.07) is 19.6. The molecule has 0 spiro atoms. The largest absolute Gasteiger partial charge is 0.282 e. The Hall–Kier alpha value is -2.48. The van der Waals surface area contributed by atoms with Crippen LogP contribution in [0.15, 0.2) is 66.9 Å². The van der Waals surface area contributed by atoms with E-state index in [1.807, 2.05) is 80.7 Å². The van der Waals surface area contributed by atoms with Gasteiger partial charge in [0.1, 0.15) is 0 Å². The molecule has 7 heteroatoms. The highest BCUT2D eigenvalue weighted by atomic mass is 32.2. The third-order valence-electron chi connectivity index (χ3n) is 4.68. The molecule has 0 unspecified atom stereocenters. The summed E-state index contributed by atoms with van der Waals surface area (Å²) in [7, 11) is -1.91. The van der Waals surface area contributed by atoms with Gasteiger partial charge in [-0.25, -0.2) is 4.68 Å². The lowest BCUT2D eigenvalue weighted by Gasteiger charge is -2.25. The molecule has 1 aromatic heterocycles. The second-order valence-electron chi connectivity index (χ2n) is 6.50. The van der Waals surface area contributed by atoms with Crippen molar-refractivity contribution >= 4 is 10.2 Å². The number of hydrogen-bond acceptors (Lipinski definition) is 3. The highest BCUT2D eigenvalue weighted by molar-refractivity contribution is 7.86. The van der Waals surface area contributed by atoms with Gasteiger partial charge in [-0.05, 0) is 12.1 Å². The van der Waals surface area contributed by atoms with Gasteiger partial charge in [-0.1, -0.05) is 62.4 Å². The van der Waals surface area contributed by atoms with Crippen LogP contribution < -0.4 is 0 Å². The smallest absolute Gasteiger partial charge is 0.240 e. The van der Waals surface area contributed by atoms with Gasteiger partial charge in [0, 0.05) is 44.0 Å². The van der Waals surface area contributed by atoms with Crippen molar-refractivity contribution in [1.82, 2.24) is 18.4 Å². The SMILES string of the molecule is CCN(CC)S(=O)(=O)N(C)Cc1cn(-c2ccccc2)nc1-c1ccccc1. The molecule has 0 amide bonds. The van der Waals surface area contributed by atoms with Crippen molar-refractivity contribution in [2.24, 2.45) is 0 Å². The van der Waals surface area contributed by atoms with Gasteiger partial charge in [0.05, 0.1) is 11.4 Å². The fraction of sp³-hybridized carbons (Fsp3) is 0.286. The lowest BCUT2D eigenvalue weighted by atomic mass is 10.1. The number of aromatic nitrogens is 2. The lowest BCUT2D eigenvalue weighted by Crippen LogP contribution is -2.41. The summed E-state index contributed by atoms with van der Waals surface area (Å²) in [6.45, 7) is 4.82. The molecule has 28 heavy (non-hydrogen) atoms. The van der Waals surface area contributed by atoms with Crippen molar-refractivity contribution in [3.63, 3.8) is 0 Å². The van der Waals surface area contributed by atoms with Crippen LogP contribution in [0.5, 0.6) is 0 Å². The molecule has 0 saturated carbocycles. The van der Waals surface area contributed by atoms with Crippen LogP contribution in [-0.4, -0.2) is 46.9 Å². The maximum Gasteiger partial charge on any atom is 0.282 e. The Morgan fingerprint density at radius 2 is 1.50 bits per heavy atom. The Bertz CT molecular complexity index is 997. The van der Waals surface area contributed by atoms with E-state index in [1.54, 1.807) is 11.7 Å². The molecule has 6 nitrogen and oxygen atoms in total. The number of para-hydroxylation sites is 1. The second-order valence-corrected chi connectivity index (χ2v) is 8.53. The maximum atomic E-state index is 12.8. The van der Waals surface area contributed by atoms with Gasteiger partial charge in [-0.2, -0.15) is 22.1 Å². The second kappa shape index (κ2) is 8.68. The minimum atomic E-state index is -3.52. The molecule has 0 radical (unpaired) electrons. The average Bonchev–Trinajstić information content (AvgIpc) is 3.14. The van der Waals surface area contributed by atoms with Crippen LogP contribution in [0, 0.1) is 0 Å². The van der Waals surface area contributed by atoms with Crippen LogP contribution in [-0.2, 0) is 16.8 Å². The number of hydrogen-bond donors (Lipinski definition) is 0. The first-order valence-electron chi connectivity index (χ1n) is 9.38. The van der Waals surface area contributed by atoms with Gasteiger partial charge in [0.25, 0.3) is 10.2 Å². The standard InChI is InChI=1S/C21H26N4O2S/c1-4-24(5-2)28(26,27)23(3)16-19-17-25(20-14-10-7-11-15-20)22-21(19)18-12-8-6-9-13-18/h6-15,17H,4-5,16H2,1-3H3. The third-order valence-corrected chi connectivity index (χ3v) is 6.76. The lowest BCUT2D eigenvalue weighted by molar-refractivity contribution is 0.375. The van der Waals surface area contributed by atoms with Crippen molar-refractivity contribution < 1.29 is 8.42 Å². The van der Waals surface area contributed by atoms with Crippen molar-refractivity contribution in [2.45, 2.75) is 20.4 Å². The first-order chi connectivity index (χ1) is 13.5. The Labute approximate surface area is 167 Å². The molecular weight excluding hydrogens is 372 g/mol. The van der Waals surface area contributed by atoms with Crippen LogP contribution in [0.2, 0.25) is 0 Å². The minimum Gasteiger partial charge on any atom is -0.240 e. The van der Waals surface area contributed by atoms with Gasteiger partial charge in [0.2, 0.25) is 0 Å². The van der Waals surface area contributed by atoms with E-state index in [9.17, 15) is 8.42 Å². The van der Waals surface area contributed by atoms with Gasteiger partial charge < -0.3 is 0 Å². The quantitative estimate of drug-likeness (QED) is 0.583. The van der Waals surface area contributed by atoms with Gasteiger partial charge in [-0.3, -0.25) is 0 Å². The van der Waals surface area contributed by atoms with Crippen molar-refractivity contribution in [1.29, 1.82) is 0 Å². The van der Waals surface area contributed by atoms with Crippen molar-refractivity contribution in [2.75, 3.05) is 20.1 Å². The van der Waals surface area contributed by atoms with Crippen LogP contribution in [0.4, 0.5) is 0 Å². The van der Waals surface area contributed by atoms with E-state index < -0.39 is 10.2 Å². The molecule has 1 heterocycles. The molecule has 0 aliphatic rings. The van der Waals surface area contributed by atoms with E-state index in [0.29, 0.717) is 13.1 Å². The van der Waals surface area contributed by atoms with Crippen molar-refractivity contribution in [3.05, 3.63) is 72.4 Å². The summed E-state index contributed by atoms with van der Waals surface area (Å²) < 4.78 is 30.3. The zero-order valence-electron chi connectivity index (χ0n) is 16.5. The molecule has 148 valence electrons. The van der Waals surface area contributed by atoms with Crippen LogP contribution in [0.25, 0.3) is 16.9 Å². The fourth-order valence-electron chi connectivity index (χ4n) is 3.15. The molecule has 2 aromatic carbocycles. The van der Waals surface area contributed by atoms with Crippen molar-refractivity contribution in [3.8, 4) is 16.9 Å². The summed E-state index contributed by atoms with van der Waals surface area (Å²) in [6.07, 6.45) is 1.91. The van der Waals surface area contributed by atoms with E-state index in [-0.39, 0.29) is 6.54 Å². The van der Waals surface area contributed by atoms with Crippen LogP contribution >= 0.6 is 0 Å². The molecule has 0 bridgehead atoms. The predicted molar refractivity (Wildman–Crippen MR) is 112 cm³/mol. The van der Waals surface area contributed by atoms with E-state index in [1.165, 1.54) is 8.61 Å². The monoisotopic (exact) mass is 398 g/mol. The number of rotatable bonds is 8. The summed E-state index contributed by atoms with van der Waals surface area (Å²) in [5.41, 5.74) is 3.53. The number of nitrogens with zero attached hydrogens (tertiary/aromatic N) is 4. The highest BCUT2D eigenvalue weighted by Crippen LogP contribution is 2.25. The highest BCUT2D eigenvalue weighted by Gasteiger charge is 2.26. The molecule has 0 aliphatic carbocycles. The normalized spacial score (nSPS) is 12.0.